The number of halogens is 1. The van der Waals surface area contributed by atoms with Crippen LogP contribution in [0.1, 0.15) is 19.5 Å². The van der Waals surface area contributed by atoms with Gasteiger partial charge >= 0.3 is 0 Å². The highest BCUT2D eigenvalue weighted by Crippen LogP contribution is 2.25. The van der Waals surface area contributed by atoms with Crippen LogP contribution in [0.3, 0.4) is 0 Å². The van der Waals surface area contributed by atoms with Gasteiger partial charge in [0, 0.05) is 18.1 Å². The summed E-state index contributed by atoms with van der Waals surface area (Å²) in [4.78, 5) is 13.0. The van der Waals surface area contributed by atoms with Gasteiger partial charge in [-0.3, -0.25) is 4.57 Å². The smallest absolute Gasteiger partial charge is 0.229 e. The van der Waals surface area contributed by atoms with Crippen molar-refractivity contribution in [2.75, 3.05) is 5.32 Å². The molecule has 8 heteroatoms. The van der Waals surface area contributed by atoms with Crippen LogP contribution in [-0.2, 0) is 5.60 Å². The van der Waals surface area contributed by atoms with Gasteiger partial charge in [0.2, 0.25) is 5.95 Å². The van der Waals surface area contributed by atoms with Crippen molar-refractivity contribution in [1.29, 1.82) is 0 Å². The van der Waals surface area contributed by atoms with Gasteiger partial charge in [-0.15, -0.1) is 0 Å². The number of aromatic hydroxyl groups is 1. The number of hydrogen-bond acceptors (Lipinski definition) is 6. The standard InChI is InChI=1S/C20H18FN5O2/c1-20(2,28)16-4-3-5-17(24-16)26-11-15(21)14-10-22-19(25-18(14)26)23-12-6-8-13(27)9-7-12/h3-11,27-28H,1-2H3,(H,22,23,25). The van der Waals surface area contributed by atoms with Crippen LogP contribution >= 0.6 is 0 Å². The second-order valence-electron chi connectivity index (χ2n) is 6.89. The fraction of sp³-hybridized carbons (Fsp3) is 0.150. The Morgan fingerprint density at radius 1 is 1.07 bits per heavy atom. The molecule has 3 heterocycles. The van der Waals surface area contributed by atoms with Crippen molar-refractivity contribution in [3.63, 3.8) is 0 Å². The maximum Gasteiger partial charge on any atom is 0.229 e. The molecule has 4 aromatic rings. The van der Waals surface area contributed by atoms with E-state index in [1.165, 1.54) is 29.1 Å². The van der Waals surface area contributed by atoms with E-state index in [0.717, 1.165) is 0 Å². The molecule has 0 aliphatic carbocycles. The second-order valence-corrected chi connectivity index (χ2v) is 6.89. The molecule has 0 aliphatic heterocycles. The van der Waals surface area contributed by atoms with Crippen LogP contribution in [0.25, 0.3) is 16.9 Å². The number of nitrogens with one attached hydrogen (secondary N) is 1. The molecule has 0 atom stereocenters. The third-order valence-electron chi connectivity index (χ3n) is 4.23. The zero-order valence-corrected chi connectivity index (χ0v) is 15.3. The number of rotatable bonds is 4. The predicted molar refractivity (Wildman–Crippen MR) is 103 cm³/mol. The molecule has 0 saturated carbocycles. The Balaban J connectivity index is 1.78. The lowest BCUT2D eigenvalue weighted by Gasteiger charge is -2.17. The number of phenolic OH excluding ortho intramolecular Hbond substituents is 1. The van der Waals surface area contributed by atoms with E-state index in [-0.39, 0.29) is 17.1 Å². The van der Waals surface area contributed by atoms with Crippen molar-refractivity contribution in [1.82, 2.24) is 19.5 Å². The van der Waals surface area contributed by atoms with Crippen molar-refractivity contribution in [3.8, 4) is 11.6 Å². The summed E-state index contributed by atoms with van der Waals surface area (Å²) in [5, 5.41) is 22.9. The van der Waals surface area contributed by atoms with Crippen LogP contribution in [0.5, 0.6) is 5.75 Å². The lowest BCUT2D eigenvalue weighted by molar-refractivity contribution is 0.0738. The van der Waals surface area contributed by atoms with Gasteiger partial charge in [-0.25, -0.2) is 14.4 Å². The Labute approximate surface area is 160 Å². The first-order valence-electron chi connectivity index (χ1n) is 8.61. The van der Waals surface area contributed by atoms with E-state index in [4.69, 9.17) is 0 Å². The minimum atomic E-state index is -1.13. The Morgan fingerprint density at radius 3 is 2.54 bits per heavy atom. The molecule has 0 spiro atoms. The number of anilines is 2. The summed E-state index contributed by atoms with van der Waals surface area (Å²) >= 11 is 0. The number of pyridine rings is 1. The van der Waals surface area contributed by atoms with Crippen LogP contribution in [0.15, 0.2) is 54.9 Å². The Hall–Kier alpha value is -3.52. The summed E-state index contributed by atoms with van der Waals surface area (Å²) in [5.74, 6) is 0.385. The number of hydrogen-bond donors (Lipinski definition) is 3. The highest BCUT2D eigenvalue weighted by Gasteiger charge is 2.19. The largest absolute Gasteiger partial charge is 0.508 e. The van der Waals surface area contributed by atoms with Crippen molar-refractivity contribution >= 4 is 22.7 Å². The van der Waals surface area contributed by atoms with E-state index >= 15 is 0 Å². The van der Waals surface area contributed by atoms with E-state index < -0.39 is 11.4 Å². The van der Waals surface area contributed by atoms with Crippen LogP contribution in [0.2, 0.25) is 0 Å². The number of phenols is 1. The summed E-state index contributed by atoms with van der Waals surface area (Å²) in [5.41, 5.74) is 0.355. The maximum absolute atomic E-state index is 14.4. The molecular weight excluding hydrogens is 361 g/mol. The highest BCUT2D eigenvalue weighted by atomic mass is 19.1. The number of nitrogens with zero attached hydrogens (tertiary/aromatic N) is 4. The molecule has 3 aromatic heterocycles. The van der Waals surface area contributed by atoms with Gasteiger partial charge < -0.3 is 15.5 Å². The first-order valence-corrected chi connectivity index (χ1v) is 8.61. The third-order valence-corrected chi connectivity index (χ3v) is 4.23. The van der Waals surface area contributed by atoms with E-state index in [1.807, 2.05) is 0 Å². The fourth-order valence-electron chi connectivity index (χ4n) is 2.78. The number of fused-ring (bicyclic) bond motifs is 1. The van der Waals surface area contributed by atoms with Gasteiger partial charge in [-0.1, -0.05) is 6.07 Å². The third kappa shape index (κ3) is 3.37. The Bertz CT molecular complexity index is 1150. The van der Waals surface area contributed by atoms with Crippen LogP contribution in [0.4, 0.5) is 16.0 Å². The molecule has 0 saturated heterocycles. The summed E-state index contributed by atoms with van der Waals surface area (Å²) in [6, 6.07) is 11.6. The predicted octanol–water partition coefficient (Wildman–Crippen LogP) is 3.63. The van der Waals surface area contributed by atoms with Gasteiger partial charge in [0.15, 0.2) is 11.5 Å². The molecule has 142 valence electrons. The van der Waals surface area contributed by atoms with Crippen molar-refractivity contribution in [2.24, 2.45) is 0 Å². The second kappa shape index (κ2) is 6.58. The average molecular weight is 379 g/mol. The number of aliphatic hydroxyl groups is 1. The molecule has 1 aromatic carbocycles. The van der Waals surface area contributed by atoms with E-state index in [9.17, 15) is 14.6 Å². The van der Waals surface area contributed by atoms with Crippen LogP contribution < -0.4 is 5.32 Å². The van der Waals surface area contributed by atoms with Crippen molar-refractivity contribution < 1.29 is 14.6 Å². The van der Waals surface area contributed by atoms with Gasteiger partial charge in [0.1, 0.15) is 17.2 Å². The Morgan fingerprint density at radius 2 is 1.82 bits per heavy atom. The first-order chi connectivity index (χ1) is 13.3. The normalized spacial score (nSPS) is 11.7. The number of benzene rings is 1. The lowest BCUT2D eigenvalue weighted by Crippen LogP contribution is -2.18. The van der Waals surface area contributed by atoms with Crippen molar-refractivity contribution in [3.05, 3.63) is 66.4 Å². The fourth-order valence-corrected chi connectivity index (χ4v) is 2.78. The number of aromatic nitrogens is 4. The van der Waals surface area contributed by atoms with E-state index in [1.54, 1.807) is 44.2 Å². The van der Waals surface area contributed by atoms with Gasteiger partial charge in [-0.2, -0.15) is 4.98 Å². The topological polar surface area (TPSA) is 96.1 Å². The van der Waals surface area contributed by atoms with Gasteiger partial charge in [-0.05, 0) is 50.2 Å². The maximum atomic E-state index is 14.4. The van der Waals surface area contributed by atoms with Crippen LogP contribution in [0, 0.1) is 5.82 Å². The first kappa shape index (κ1) is 17.9. The van der Waals surface area contributed by atoms with Gasteiger partial charge in [0.25, 0.3) is 0 Å². The molecule has 0 bridgehead atoms. The van der Waals surface area contributed by atoms with E-state index in [0.29, 0.717) is 22.8 Å². The summed E-state index contributed by atoms with van der Waals surface area (Å²) in [6.07, 6.45) is 2.69. The molecule has 7 nitrogen and oxygen atoms in total. The molecule has 0 aliphatic rings. The van der Waals surface area contributed by atoms with E-state index in [2.05, 4.69) is 20.3 Å². The SMILES string of the molecule is CC(C)(O)c1cccc(-n2cc(F)c3cnc(Nc4ccc(O)cc4)nc32)n1. The summed E-state index contributed by atoms with van der Waals surface area (Å²) in [7, 11) is 0. The zero-order chi connectivity index (χ0) is 19.9. The molecule has 28 heavy (non-hydrogen) atoms. The minimum absolute atomic E-state index is 0.149. The zero-order valence-electron chi connectivity index (χ0n) is 15.3. The van der Waals surface area contributed by atoms with Crippen LogP contribution in [-0.4, -0.2) is 29.7 Å². The Kier molecular flexibility index (Phi) is 4.20. The quantitative estimate of drug-likeness (QED) is 0.469. The van der Waals surface area contributed by atoms with Crippen molar-refractivity contribution in [2.45, 2.75) is 19.4 Å². The molecule has 0 unspecified atom stereocenters. The molecule has 0 fully saturated rings. The minimum Gasteiger partial charge on any atom is -0.508 e. The average Bonchev–Trinajstić information content (AvgIpc) is 2.99. The van der Waals surface area contributed by atoms with Gasteiger partial charge in [0.05, 0.1) is 11.1 Å². The molecule has 0 amide bonds. The highest BCUT2D eigenvalue weighted by molar-refractivity contribution is 5.79. The molecule has 3 N–H and O–H groups in total. The lowest BCUT2D eigenvalue weighted by atomic mass is 10.1. The molecule has 4 rings (SSSR count). The molecular formula is C20H18FN5O2. The summed E-state index contributed by atoms with van der Waals surface area (Å²) in [6.45, 7) is 3.27. The molecule has 0 radical (unpaired) electrons. The summed E-state index contributed by atoms with van der Waals surface area (Å²) < 4.78 is 15.9. The monoisotopic (exact) mass is 379 g/mol.